The zero-order chi connectivity index (χ0) is 9.14. The van der Waals surface area contributed by atoms with Gasteiger partial charge in [-0.2, -0.15) is 0 Å². The molecule has 1 heterocycles. The molecular formula is C8H12O4. The zero-order valence-corrected chi connectivity index (χ0v) is 6.80. The van der Waals surface area contributed by atoms with Crippen molar-refractivity contribution >= 4 is 5.97 Å². The predicted molar refractivity (Wildman–Crippen MR) is 41.3 cm³/mol. The van der Waals surface area contributed by atoms with Crippen LogP contribution in [0.1, 0.15) is 13.3 Å². The van der Waals surface area contributed by atoms with Gasteiger partial charge in [-0.3, -0.25) is 4.79 Å². The van der Waals surface area contributed by atoms with E-state index in [4.69, 9.17) is 4.74 Å². The van der Waals surface area contributed by atoms with Crippen LogP contribution in [0.4, 0.5) is 0 Å². The molecule has 0 aromatic heterocycles. The van der Waals surface area contributed by atoms with Crippen molar-refractivity contribution in [2.45, 2.75) is 31.7 Å². The second-order valence-electron chi connectivity index (χ2n) is 2.74. The molecule has 68 valence electrons. The van der Waals surface area contributed by atoms with E-state index >= 15 is 0 Å². The summed E-state index contributed by atoms with van der Waals surface area (Å²) in [6.45, 7) is 1.74. The van der Waals surface area contributed by atoms with Crippen LogP contribution in [0.15, 0.2) is 12.2 Å². The fourth-order valence-corrected chi connectivity index (χ4v) is 1.17. The van der Waals surface area contributed by atoms with E-state index in [0.29, 0.717) is 0 Å². The van der Waals surface area contributed by atoms with Crippen LogP contribution in [0.5, 0.6) is 0 Å². The number of cyclic esters (lactones) is 1. The molecule has 0 saturated carbocycles. The Balaban J connectivity index is 2.57. The Morgan fingerprint density at radius 1 is 1.75 bits per heavy atom. The van der Waals surface area contributed by atoms with Crippen LogP contribution in [-0.4, -0.2) is 34.5 Å². The molecule has 1 aliphatic rings. The lowest BCUT2D eigenvalue weighted by Crippen LogP contribution is -2.32. The average molecular weight is 172 g/mol. The third-order valence-electron chi connectivity index (χ3n) is 1.75. The number of hydrogen-bond acceptors (Lipinski definition) is 4. The van der Waals surface area contributed by atoms with Crippen LogP contribution in [0.25, 0.3) is 0 Å². The number of aliphatic hydroxyl groups excluding tert-OH is 2. The lowest BCUT2D eigenvalue weighted by Gasteiger charge is -2.16. The standard InChI is InChI=1S/C8H12O4/c1-2-3-5(9)8-6(10)4-7(11)12-8/h2-3,5-6,8-10H,4H2,1H3/b3-2+/t5-,6-,8-/m0/s1. The van der Waals surface area contributed by atoms with Gasteiger partial charge in [0.05, 0.1) is 6.42 Å². The Hall–Kier alpha value is -0.870. The first-order valence-electron chi connectivity index (χ1n) is 3.83. The number of allylic oxidation sites excluding steroid dienone is 1. The van der Waals surface area contributed by atoms with Crippen molar-refractivity contribution < 1.29 is 19.7 Å². The molecule has 2 N–H and O–H groups in total. The van der Waals surface area contributed by atoms with E-state index in [9.17, 15) is 15.0 Å². The largest absolute Gasteiger partial charge is 0.456 e. The van der Waals surface area contributed by atoms with E-state index in [1.807, 2.05) is 0 Å². The minimum absolute atomic E-state index is 0.0285. The van der Waals surface area contributed by atoms with Crippen molar-refractivity contribution in [2.24, 2.45) is 0 Å². The third-order valence-corrected chi connectivity index (χ3v) is 1.75. The first kappa shape index (κ1) is 9.22. The van der Waals surface area contributed by atoms with Crippen molar-refractivity contribution in [3.05, 3.63) is 12.2 Å². The molecule has 1 saturated heterocycles. The smallest absolute Gasteiger partial charge is 0.309 e. The molecule has 1 rings (SSSR count). The summed E-state index contributed by atoms with van der Waals surface area (Å²) in [5.41, 5.74) is 0. The molecule has 4 heteroatoms. The van der Waals surface area contributed by atoms with E-state index < -0.39 is 24.3 Å². The van der Waals surface area contributed by atoms with Crippen molar-refractivity contribution in [3.63, 3.8) is 0 Å². The Labute approximate surface area is 70.5 Å². The summed E-state index contributed by atoms with van der Waals surface area (Å²) in [4.78, 5) is 10.7. The molecule has 0 aliphatic carbocycles. The highest BCUT2D eigenvalue weighted by atomic mass is 16.6. The molecule has 0 aromatic carbocycles. The second kappa shape index (κ2) is 3.69. The predicted octanol–water partition coefficient (Wildman–Crippen LogP) is -0.400. The van der Waals surface area contributed by atoms with Gasteiger partial charge in [-0.05, 0) is 6.92 Å². The summed E-state index contributed by atoms with van der Waals surface area (Å²) in [6.07, 6.45) is 0.504. The fourth-order valence-electron chi connectivity index (χ4n) is 1.17. The average Bonchev–Trinajstić information content (AvgIpc) is 2.30. The van der Waals surface area contributed by atoms with E-state index in [1.54, 1.807) is 13.0 Å². The van der Waals surface area contributed by atoms with Crippen molar-refractivity contribution in [3.8, 4) is 0 Å². The maximum atomic E-state index is 10.7. The van der Waals surface area contributed by atoms with Gasteiger partial charge in [0, 0.05) is 0 Å². The molecule has 0 radical (unpaired) electrons. The molecule has 0 unspecified atom stereocenters. The van der Waals surface area contributed by atoms with E-state index in [-0.39, 0.29) is 6.42 Å². The number of aliphatic hydroxyl groups is 2. The number of esters is 1. The quantitative estimate of drug-likeness (QED) is 0.439. The second-order valence-corrected chi connectivity index (χ2v) is 2.74. The van der Waals surface area contributed by atoms with Gasteiger partial charge in [0.2, 0.25) is 0 Å². The highest BCUT2D eigenvalue weighted by molar-refractivity contribution is 5.72. The minimum Gasteiger partial charge on any atom is -0.456 e. The third kappa shape index (κ3) is 1.84. The monoisotopic (exact) mass is 172 g/mol. The van der Waals surface area contributed by atoms with Gasteiger partial charge in [-0.15, -0.1) is 0 Å². The molecular weight excluding hydrogens is 160 g/mol. The molecule has 0 amide bonds. The fraction of sp³-hybridized carbons (Fsp3) is 0.625. The summed E-state index contributed by atoms with van der Waals surface area (Å²) in [6, 6.07) is 0. The van der Waals surface area contributed by atoms with Crippen molar-refractivity contribution in [1.29, 1.82) is 0 Å². The normalized spacial score (nSPS) is 32.4. The van der Waals surface area contributed by atoms with Crippen LogP contribution in [0.3, 0.4) is 0 Å². The minimum atomic E-state index is -0.906. The Morgan fingerprint density at radius 3 is 2.83 bits per heavy atom. The molecule has 1 aliphatic heterocycles. The summed E-state index contributed by atoms with van der Waals surface area (Å²) in [7, 11) is 0. The lowest BCUT2D eigenvalue weighted by molar-refractivity contribution is -0.145. The van der Waals surface area contributed by atoms with Crippen LogP contribution in [0, 0.1) is 0 Å². The Bertz CT molecular complexity index is 199. The SMILES string of the molecule is C/C=C/[C@H](O)[C@@H]1OC(=O)C[C@@H]1O. The van der Waals surface area contributed by atoms with Gasteiger partial charge >= 0.3 is 5.97 Å². The van der Waals surface area contributed by atoms with Gasteiger partial charge in [0.1, 0.15) is 12.2 Å². The molecule has 4 nitrogen and oxygen atoms in total. The number of ether oxygens (including phenoxy) is 1. The highest BCUT2D eigenvalue weighted by Gasteiger charge is 2.37. The molecule has 0 bridgehead atoms. The topological polar surface area (TPSA) is 66.8 Å². The lowest BCUT2D eigenvalue weighted by atomic mass is 10.1. The Kier molecular flexibility index (Phi) is 2.83. The summed E-state index contributed by atoms with van der Waals surface area (Å²) >= 11 is 0. The maximum absolute atomic E-state index is 10.7. The number of carbonyl (C=O) groups is 1. The number of rotatable bonds is 2. The van der Waals surface area contributed by atoms with Gasteiger partial charge in [0.25, 0.3) is 0 Å². The van der Waals surface area contributed by atoms with Crippen molar-refractivity contribution in [1.82, 2.24) is 0 Å². The molecule has 3 atom stereocenters. The maximum Gasteiger partial charge on any atom is 0.309 e. The summed E-state index contributed by atoms with van der Waals surface area (Å²) in [5, 5.41) is 18.5. The van der Waals surface area contributed by atoms with Crippen LogP contribution in [0.2, 0.25) is 0 Å². The molecule has 12 heavy (non-hydrogen) atoms. The van der Waals surface area contributed by atoms with Gasteiger partial charge < -0.3 is 14.9 Å². The van der Waals surface area contributed by atoms with E-state index in [2.05, 4.69) is 0 Å². The van der Waals surface area contributed by atoms with Crippen LogP contribution < -0.4 is 0 Å². The zero-order valence-electron chi connectivity index (χ0n) is 6.80. The molecule has 0 aromatic rings. The number of carbonyl (C=O) groups excluding carboxylic acids is 1. The van der Waals surface area contributed by atoms with Gasteiger partial charge in [-0.25, -0.2) is 0 Å². The first-order chi connectivity index (χ1) is 5.65. The van der Waals surface area contributed by atoms with Gasteiger partial charge in [0.15, 0.2) is 6.10 Å². The van der Waals surface area contributed by atoms with Crippen molar-refractivity contribution in [2.75, 3.05) is 0 Å². The summed E-state index contributed by atoms with van der Waals surface area (Å²) in [5.74, 6) is -0.462. The summed E-state index contributed by atoms with van der Waals surface area (Å²) < 4.78 is 4.70. The van der Waals surface area contributed by atoms with Gasteiger partial charge in [-0.1, -0.05) is 12.2 Å². The first-order valence-corrected chi connectivity index (χ1v) is 3.83. The van der Waals surface area contributed by atoms with E-state index in [1.165, 1.54) is 6.08 Å². The highest BCUT2D eigenvalue weighted by Crippen LogP contribution is 2.18. The molecule has 0 spiro atoms. The number of hydrogen-bond donors (Lipinski definition) is 2. The Morgan fingerprint density at radius 2 is 2.42 bits per heavy atom. The molecule has 1 fully saturated rings. The van der Waals surface area contributed by atoms with E-state index in [0.717, 1.165) is 0 Å². The van der Waals surface area contributed by atoms with Crippen LogP contribution in [-0.2, 0) is 9.53 Å². The van der Waals surface area contributed by atoms with Crippen LogP contribution >= 0.6 is 0 Å².